The minimum atomic E-state index is -0.466. The van der Waals surface area contributed by atoms with Gasteiger partial charge < -0.3 is 10.1 Å². The molecule has 1 aliphatic rings. The van der Waals surface area contributed by atoms with E-state index in [2.05, 4.69) is 17.5 Å². The van der Waals surface area contributed by atoms with Crippen molar-refractivity contribution in [3.8, 4) is 11.1 Å². The third kappa shape index (κ3) is 6.34. The van der Waals surface area contributed by atoms with Crippen molar-refractivity contribution in [2.45, 2.75) is 26.2 Å². The molecule has 0 unspecified atom stereocenters. The van der Waals surface area contributed by atoms with Gasteiger partial charge in [0, 0.05) is 12.2 Å². The molecule has 5 heteroatoms. The Morgan fingerprint density at radius 1 is 1.00 bits per heavy atom. The molecule has 2 amide bonds. The van der Waals surface area contributed by atoms with E-state index < -0.39 is 6.09 Å². The van der Waals surface area contributed by atoms with Crippen molar-refractivity contribution in [3.05, 3.63) is 78.4 Å². The fourth-order valence-electron chi connectivity index (χ4n) is 3.27. The van der Waals surface area contributed by atoms with Gasteiger partial charge in [-0.1, -0.05) is 67.6 Å². The van der Waals surface area contributed by atoms with Gasteiger partial charge in [-0.25, -0.2) is 4.79 Å². The zero-order valence-electron chi connectivity index (χ0n) is 17.3. The third-order valence-electron chi connectivity index (χ3n) is 4.80. The summed E-state index contributed by atoms with van der Waals surface area (Å²) >= 11 is 0. The summed E-state index contributed by atoms with van der Waals surface area (Å²) in [5.74, 6) is -0.246. The van der Waals surface area contributed by atoms with Crippen LogP contribution in [0.3, 0.4) is 0 Å². The number of nitrogens with one attached hydrogen (secondary N) is 1. The second-order valence-corrected chi connectivity index (χ2v) is 7.23. The molecule has 2 aromatic carbocycles. The maximum Gasteiger partial charge on any atom is 0.410 e. The van der Waals surface area contributed by atoms with E-state index in [1.54, 1.807) is 0 Å². The number of carbonyl (C=O) groups is 2. The standard InChI is InChI=1S/C25H28N2O3/c1-2-17-27(25(29)30-19-20-9-5-3-6-10-20)18-24(28)26-23-15-13-22(14-16-23)21-11-7-4-8-12-21/h4-5,7-16H,2-3,6,17-19H2,1H3,(H,26,28). The summed E-state index contributed by atoms with van der Waals surface area (Å²) in [7, 11) is 0. The first kappa shape index (κ1) is 21.4. The van der Waals surface area contributed by atoms with Crippen molar-refractivity contribution in [3.63, 3.8) is 0 Å². The van der Waals surface area contributed by atoms with Crippen molar-refractivity contribution in [2.24, 2.45) is 0 Å². The summed E-state index contributed by atoms with van der Waals surface area (Å²) in [6.07, 6.45) is 8.39. The Morgan fingerprint density at radius 3 is 2.40 bits per heavy atom. The van der Waals surface area contributed by atoms with Crippen LogP contribution in [0.4, 0.5) is 10.5 Å². The molecule has 1 N–H and O–H groups in total. The molecule has 156 valence electrons. The van der Waals surface area contributed by atoms with Crippen molar-refractivity contribution in [1.82, 2.24) is 4.90 Å². The van der Waals surface area contributed by atoms with Crippen LogP contribution in [0.1, 0.15) is 26.2 Å². The highest BCUT2D eigenvalue weighted by Crippen LogP contribution is 2.21. The topological polar surface area (TPSA) is 58.6 Å². The van der Waals surface area contributed by atoms with Gasteiger partial charge in [0.25, 0.3) is 0 Å². The monoisotopic (exact) mass is 404 g/mol. The fourth-order valence-corrected chi connectivity index (χ4v) is 3.27. The Hall–Kier alpha value is -3.34. The van der Waals surface area contributed by atoms with Crippen LogP contribution in [0.5, 0.6) is 0 Å². The van der Waals surface area contributed by atoms with Crippen LogP contribution in [0.15, 0.2) is 78.4 Å². The molecule has 1 aliphatic carbocycles. The van der Waals surface area contributed by atoms with Crippen LogP contribution in [0.2, 0.25) is 0 Å². The lowest BCUT2D eigenvalue weighted by atomic mass is 10.1. The van der Waals surface area contributed by atoms with E-state index in [1.165, 1.54) is 4.90 Å². The van der Waals surface area contributed by atoms with Gasteiger partial charge in [0.1, 0.15) is 13.2 Å². The number of amides is 2. The van der Waals surface area contributed by atoms with E-state index in [0.29, 0.717) is 12.2 Å². The molecule has 0 saturated heterocycles. The maximum absolute atomic E-state index is 12.5. The number of allylic oxidation sites excluding steroid dienone is 2. The molecule has 0 fully saturated rings. The lowest BCUT2D eigenvalue weighted by Gasteiger charge is -2.21. The Kier molecular flexibility index (Phi) is 7.84. The number of hydrogen-bond donors (Lipinski definition) is 1. The molecule has 5 nitrogen and oxygen atoms in total. The molecule has 0 spiro atoms. The van der Waals surface area contributed by atoms with Gasteiger partial charge in [0.05, 0.1) is 0 Å². The molecular weight excluding hydrogens is 376 g/mol. The van der Waals surface area contributed by atoms with E-state index in [0.717, 1.165) is 36.0 Å². The highest BCUT2D eigenvalue weighted by Gasteiger charge is 2.18. The molecule has 0 aliphatic heterocycles. The number of benzene rings is 2. The number of nitrogens with zero attached hydrogens (tertiary/aromatic N) is 1. The largest absolute Gasteiger partial charge is 0.445 e. The Labute approximate surface area is 178 Å². The number of anilines is 1. The van der Waals surface area contributed by atoms with Gasteiger partial charge in [-0.15, -0.1) is 0 Å². The first-order chi connectivity index (χ1) is 14.7. The van der Waals surface area contributed by atoms with E-state index in [-0.39, 0.29) is 19.1 Å². The zero-order valence-corrected chi connectivity index (χ0v) is 17.3. The molecule has 0 atom stereocenters. The van der Waals surface area contributed by atoms with Gasteiger partial charge >= 0.3 is 6.09 Å². The highest BCUT2D eigenvalue weighted by atomic mass is 16.6. The van der Waals surface area contributed by atoms with Crippen molar-refractivity contribution in [1.29, 1.82) is 0 Å². The van der Waals surface area contributed by atoms with Gasteiger partial charge in [-0.3, -0.25) is 9.69 Å². The summed E-state index contributed by atoms with van der Waals surface area (Å²) in [6, 6.07) is 17.7. The quantitative estimate of drug-likeness (QED) is 0.639. The molecule has 0 radical (unpaired) electrons. The SMILES string of the molecule is CCCN(CC(=O)Nc1ccc(-c2ccccc2)cc1)C(=O)OCC1=CCCC=C1. The average molecular weight is 405 g/mol. The van der Waals surface area contributed by atoms with Gasteiger partial charge in [0.15, 0.2) is 0 Å². The van der Waals surface area contributed by atoms with Crippen LogP contribution in [0.25, 0.3) is 11.1 Å². The number of ether oxygens (including phenoxy) is 1. The first-order valence-electron chi connectivity index (χ1n) is 10.4. The lowest BCUT2D eigenvalue weighted by molar-refractivity contribution is -0.117. The van der Waals surface area contributed by atoms with Crippen LogP contribution in [-0.2, 0) is 9.53 Å². The molecule has 0 heterocycles. The molecular formula is C25H28N2O3. The summed E-state index contributed by atoms with van der Waals surface area (Å²) in [5, 5.41) is 2.86. The van der Waals surface area contributed by atoms with Gasteiger partial charge in [-0.2, -0.15) is 0 Å². The molecule has 0 bridgehead atoms. The van der Waals surface area contributed by atoms with Crippen molar-refractivity contribution in [2.75, 3.05) is 25.0 Å². The van der Waals surface area contributed by atoms with Crippen LogP contribution in [0, 0.1) is 0 Å². The highest BCUT2D eigenvalue weighted by molar-refractivity contribution is 5.94. The third-order valence-corrected chi connectivity index (χ3v) is 4.80. The van der Waals surface area contributed by atoms with Gasteiger partial charge in [0.2, 0.25) is 5.91 Å². The summed E-state index contributed by atoms with van der Waals surface area (Å²) in [6.45, 7) is 2.63. The zero-order chi connectivity index (χ0) is 21.2. The first-order valence-corrected chi connectivity index (χ1v) is 10.4. The molecule has 0 saturated carbocycles. The number of hydrogen-bond acceptors (Lipinski definition) is 3. The molecule has 2 aromatic rings. The molecule has 30 heavy (non-hydrogen) atoms. The van der Waals surface area contributed by atoms with E-state index >= 15 is 0 Å². The smallest absolute Gasteiger partial charge is 0.410 e. The minimum Gasteiger partial charge on any atom is -0.445 e. The Morgan fingerprint density at radius 2 is 1.73 bits per heavy atom. The Balaban J connectivity index is 1.53. The average Bonchev–Trinajstić information content (AvgIpc) is 2.79. The van der Waals surface area contributed by atoms with E-state index in [1.807, 2.05) is 67.6 Å². The van der Waals surface area contributed by atoms with Crippen LogP contribution in [-0.4, -0.2) is 36.6 Å². The lowest BCUT2D eigenvalue weighted by Crippen LogP contribution is -2.39. The van der Waals surface area contributed by atoms with Gasteiger partial charge in [-0.05, 0) is 48.1 Å². The fraction of sp³-hybridized carbons (Fsp3) is 0.280. The van der Waals surface area contributed by atoms with E-state index in [9.17, 15) is 9.59 Å². The van der Waals surface area contributed by atoms with Crippen molar-refractivity contribution < 1.29 is 14.3 Å². The second kappa shape index (κ2) is 11.0. The predicted molar refractivity (Wildman–Crippen MR) is 120 cm³/mol. The predicted octanol–water partition coefficient (Wildman–Crippen LogP) is 5.42. The van der Waals surface area contributed by atoms with Crippen LogP contribution < -0.4 is 5.32 Å². The summed E-state index contributed by atoms with van der Waals surface area (Å²) in [4.78, 5) is 26.4. The molecule has 0 aromatic heterocycles. The summed E-state index contributed by atoms with van der Waals surface area (Å²) < 4.78 is 5.40. The number of rotatable bonds is 8. The minimum absolute atomic E-state index is 0.0397. The van der Waals surface area contributed by atoms with Crippen LogP contribution >= 0.6 is 0 Å². The maximum atomic E-state index is 12.5. The Bertz CT molecular complexity index is 902. The number of carbonyl (C=O) groups excluding carboxylic acids is 2. The molecule has 3 rings (SSSR count). The van der Waals surface area contributed by atoms with Crippen molar-refractivity contribution >= 4 is 17.7 Å². The second-order valence-electron chi connectivity index (χ2n) is 7.23. The normalized spacial score (nSPS) is 12.8. The summed E-state index contributed by atoms with van der Waals surface area (Å²) in [5.41, 5.74) is 3.89. The van der Waals surface area contributed by atoms with E-state index in [4.69, 9.17) is 4.74 Å².